The normalized spacial score (nSPS) is 11.6. The lowest BCUT2D eigenvalue weighted by Crippen LogP contribution is -1.97. The van der Waals surface area contributed by atoms with Crippen molar-refractivity contribution in [3.63, 3.8) is 0 Å². The summed E-state index contributed by atoms with van der Waals surface area (Å²) in [5.41, 5.74) is 4.93. The minimum Gasteiger partial charge on any atom is -0.496 e. The summed E-state index contributed by atoms with van der Waals surface area (Å²) >= 11 is 3.24. The number of benzene rings is 4. The first kappa shape index (κ1) is 17.6. The van der Waals surface area contributed by atoms with E-state index in [1.54, 1.807) is 29.8 Å². The van der Waals surface area contributed by atoms with Crippen molar-refractivity contribution in [3.8, 4) is 10.9 Å². The van der Waals surface area contributed by atoms with E-state index < -0.39 is 0 Å². The van der Waals surface area contributed by atoms with Crippen LogP contribution in [-0.2, 0) is 6.61 Å². The van der Waals surface area contributed by atoms with Gasteiger partial charge in [0.1, 0.15) is 12.4 Å². The van der Waals surface area contributed by atoms with Gasteiger partial charge in [0.05, 0.1) is 33.1 Å². The molecule has 0 radical (unpaired) electrons. The molecule has 6 heteroatoms. The summed E-state index contributed by atoms with van der Waals surface area (Å²) in [6, 6.07) is 20.9. The topological polar surface area (TPSA) is 44.2 Å². The van der Waals surface area contributed by atoms with Gasteiger partial charge < -0.3 is 9.47 Å². The van der Waals surface area contributed by atoms with Crippen molar-refractivity contribution in [2.45, 2.75) is 6.61 Å². The number of rotatable bonds is 4. The van der Waals surface area contributed by atoms with Crippen molar-refractivity contribution < 1.29 is 9.47 Å². The van der Waals surface area contributed by atoms with E-state index in [4.69, 9.17) is 14.5 Å². The molecule has 0 aliphatic carbocycles. The Morgan fingerprint density at radius 2 is 1.83 bits per heavy atom. The minimum absolute atomic E-state index is 0.447. The molecule has 4 aromatic carbocycles. The number of ether oxygens (including phenoxy) is 2. The van der Waals surface area contributed by atoms with Crippen molar-refractivity contribution in [2.24, 2.45) is 0 Å². The Bertz CT molecular complexity index is 1550. The van der Waals surface area contributed by atoms with Crippen LogP contribution in [0.25, 0.3) is 42.0 Å². The zero-order chi connectivity index (χ0) is 20.1. The second-order valence-corrected chi connectivity index (χ2v) is 8.90. The Morgan fingerprint density at radius 3 is 2.77 bits per heavy atom. The molecule has 4 nitrogen and oxygen atoms in total. The summed E-state index contributed by atoms with van der Waals surface area (Å²) in [6.07, 6.45) is 0. The molecule has 0 fully saturated rings. The van der Waals surface area contributed by atoms with E-state index in [1.165, 1.54) is 10.8 Å². The van der Waals surface area contributed by atoms with Crippen molar-refractivity contribution in [2.75, 3.05) is 7.11 Å². The van der Waals surface area contributed by atoms with Gasteiger partial charge in [0.2, 0.25) is 0 Å². The monoisotopic (exact) mass is 428 g/mol. The molecule has 0 N–H and O–H groups in total. The standard InChI is InChI=1S/C24H16N2O2S2/c1-27-21-9-7-15(17-11-22-20(10-18(17)21)25-13-29-22)12-28-24-26-19-8-6-14-4-2-3-5-16(14)23(19)30-24/h2-11,13H,12H2,1H3. The lowest BCUT2D eigenvalue weighted by Gasteiger charge is -2.11. The van der Waals surface area contributed by atoms with Crippen molar-refractivity contribution in [3.05, 3.63) is 71.7 Å². The lowest BCUT2D eigenvalue weighted by atomic mass is 10.0. The van der Waals surface area contributed by atoms with Crippen LogP contribution in [0.3, 0.4) is 0 Å². The summed E-state index contributed by atoms with van der Waals surface area (Å²) in [5, 5.41) is 5.29. The average molecular weight is 429 g/mol. The van der Waals surface area contributed by atoms with E-state index >= 15 is 0 Å². The number of aromatic nitrogens is 2. The number of hydrogen-bond donors (Lipinski definition) is 0. The third-order valence-electron chi connectivity index (χ3n) is 5.35. The Kier molecular flexibility index (Phi) is 4.07. The molecule has 6 rings (SSSR count). The Balaban J connectivity index is 1.40. The summed E-state index contributed by atoms with van der Waals surface area (Å²) in [4.78, 5) is 9.14. The van der Waals surface area contributed by atoms with Gasteiger partial charge in [-0.2, -0.15) is 0 Å². The van der Waals surface area contributed by atoms with Gasteiger partial charge in [0.15, 0.2) is 0 Å². The zero-order valence-corrected chi connectivity index (χ0v) is 17.7. The predicted octanol–water partition coefficient (Wildman–Crippen LogP) is 6.80. The molecule has 2 heterocycles. The van der Waals surface area contributed by atoms with Crippen LogP contribution in [0.4, 0.5) is 0 Å². The SMILES string of the molecule is COc1ccc(COc2nc3ccc4ccccc4c3s2)c2cc3scnc3cc12. The van der Waals surface area contributed by atoms with Gasteiger partial charge in [-0.3, -0.25) is 0 Å². The van der Waals surface area contributed by atoms with Crippen LogP contribution < -0.4 is 9.47 Å². The van der Waals surface area contributed by atoms with Crippen molar-refractivity contribution in [1.29, 1.82) is 0 Å². The van der Waals surface area contributed by atoms with Crippen molar-refractivity contribution >= 4 is 64.7 Å². The number of methoxy groups -OCH3 is 1. The third-order valence-corrected chi connectivity index (χ3v) is 7.16. The molecule has 2 aromatic heterocycles. The van der Waals surface area contributed by atoms with Gasteiger partial charge in [-0.25, -0.2) is 9.97 Å². The summed E-state index contributed by atoms with van der Waals surface area (Å²) < 4.78 is 14.0. The van der Waals surface area contributed by atoms with Crippen LogP contribution >= 0.6 is 22.7 Å². The Morgan fingerprint density at radius 1 is 0.900 bits per heavy atom. The molecule has 0 saturated heterocycles. The van der Waals surface area contributed by atoms with E-state index in [2.05, 4.69) is 59.6 Å². The lowest BCUT2D eigenvalue weighted by molar-refractivity contribution is 0.306. The highest BCUT2D eigenvalue weighted by Crippen LogP contribution is 2.36. The molecule has 0 unspecified atom stereocenters. The molecule has 146 valence electrons. The second kappa shape index (κ2) is 6.93. The molecule has 0 saturated carbocycles. The van der Waals surface area contributed by atoms with Gasteiger partial charge in [-0.15, -0.1) is 11.3 Å². The Hall–Kier alpha value is -3.22. The first-order valence-corrected chi connectivity index (χ1v) is 11.2. The fraction of sp³-hybridized carbons (Fsp3) is 0.0833. The highest BCUT2D eigenvalue weighted by molar-refractivity contribution is 7.21. The fourth-order valence-electron chi connectivity index (χ4n) is 3.87. The van der Waals surface area contributed by atoms with Gasteiger partial charge in [-0.05, 0) is 40.6 Å². The molecule has 0 amide bonds. The van der Waals surface area contributed by atoms with Crippen LogP contribution in [0.2, 0.25) is 0 Å². The predicted molar refractivity (Wildman–Crippen MR) is 125 cm³/mol. The van der Waals surface area contributed by atoms with Gasteiger partial charge in [0.25, 0.3) is 5.19 Å². The summed E-state index contributed by atoms with van der Waals surface area (Å²) in [7, 11) is 1.70. The summed E-state index contributed by atoms with van der Waals surface area (Å²) in [5.74, 6) is 0.843. The van der Waals surface area contributed by atoms with Gasteiger partial charge in [-0.1, -0.05) is 47.7 Å². The van der Waals surface area contributed by atoms with E-state index in [0.717, 1.165) is 42.5 Å². The second-order valence-electron chi connectivity index (χ2n) is 7.05. The molecule has 0 aliphatic heterocycles. The number of fused-ring (bicyclic) bond motifs is 5. The van der Waals surface area contributed by atoms with Gasteiger partial charge >= 0.3 is 0 Å². The molecule has 0 spiro atoms. The molecule has 30 heavy (non-hydrogen) atoms. The largest absolute Gasteiger partial charge is 0.496 e. The number of hydrogen-bond acceptors (Lipinski definition) is 6. The molecule has 0 aliphatic rings. The maximum absolute atomic E-state index is 6.16. The van der Waals surface area contributed by atoms with Gasteiger partial charge in [0, 0.05) is 10.8 Å². The van der Waals surface area contributed by atoms with Crippen LogP contribution in [0.5, 0.6) is 10.9 Å². The zero-order valence-electron chi connectivity index (χ0n) is 16.1. The fourth-order valence-corrected chi connectivity index (χ4v) is 5.52. The van der Waals surface area contributed by atoms with Crippen LogP contribution in [0.1, 0.15) is 5.56 Å². The molecule has 6 aromatic rings. The first-order chi connectivity index (χ1) is 14.8. The van der Waals surface area contributed by atoms with E-state index in [1.807, 2.05) is 11.6 Å². The smallest absolute Gasteiger partial charge is 0.274 e. The highest BCUT2D eigenvalue weighted by atomic mass is 32.1. The third kappa shape index (κ3) is 2.80. The molecular formula is C24H16N2O2S2. The van der Waals surface area contributed by atoms with Crippen LogP contribution in [0, 0.1) is 0 Å². The maximum Gasteiger partial charge on any atom is 0.274 e. The average Bonchev–Trinajstić information content (AvgIpc) is 3.42. The first-order valence-electron chi connectivity index (χ1n) is 9.54. The molecule has 0 bridgehead atoms. The molecular weight excluding hydrogens is 412 g/mol. The van der Waals surface area contributed by atoms with E-state index in [0.29, 0.717) is 11.8 Å². The summed E-state index contributed by atoms with van der Waals surface area (Å²) in [6.45, 7) is 0.447. The number of nitrogens with zero attached hydrogens (tertiary/aromatic N) is 2. The van der Waals surface area contributed by atoms with E-state index in [-0.39, 0.29) is 0 Å². The minimum atomic E-state index is 0.447. The highest BCUT2D eigenvalue weighted by Gasteiger charge is 2.12. The quantitative estimate of drug-likeness (QED) is 0.310. The van der Waals surface area contributed by atoms with E-state index in [9.17, 15) is 0 Å². The number of thiazole rings is 2. The maximum atomic E-state index is 6.16. The Labute approximate surface area is 180 Å². The van der Waals surface area contributed by atoms with Crippen molar-refractivity contribution in [1.82, 2.24) is 9.97 Å². The van der Waals surface area contributed by atoms with Crippen LogP contribution in [-0.4, -0.2) is 17.1 Å². The molecule has 0 atom stereocenters. The van der Waals surface area contributed by atoms with Crippen LogP contribution in [0.15, 0.2) is 66.2 Å².